The number of hydrogen-bond donors (Lipinski definition) is 2. The van der Waals surface area contributed by atoms with Gasteiger partial charge in [-0.25, -0.2) is 4.98 Å². The van der Waals surface area contributed by atoms with E-state index in [-0.39, 0.29) is 50.6 Å². The molecule has 14 heteroatoms. The van der Waals surface area contributed by atoms with Crippen molar-refractivity contribution in [2.45, 2.75) is 37.9 Å². The normalized spacial score (nSPS) is 18.3. The first-order chi connectivity index (χ1) is 22.2. The summed E-state index contributed by atoms with van der Waals surface area (Å²) < 4.78 is 12.5. The van der Waals surface area contributed by atoms with E-state index in [1.54, 1.807) is 27.8 Å². The highest BCUT2D eigenvalue weighted by Crippen LogP contribution is 2.45. The molecule has 0 spiro atoms. The van der Waals surface area contributed by atoms with Gasteiger partial charge < -0.3 is 25.0 Å². The molecular weight excluding hydrogens is 633 g/mol. The van der Waals surface area contributed by atoms with Crippen molar-refractivity contribution in [2.75, 3.05) is 52.3 Å². The number of carbonyl (C=O) groups excluding carboxylic acids is 2. The van der Waals surface area contributed by atoms with Crippen molar-refractivity contribution in [3.05, 3.63) is 64.0 Å². The fourth-order valence-corrected chi connectivity index (χ4v) is 6.72. The maximum absolute atomic E-state index is 14.3. The van der Waals surface area contributed by atoms with Crippen LogP contribution in [0.5, 0.6) is 11.5 Å². The Morgan fingerprint density at radius 3 is 2.30 bits per heavy atom. The van der Waals surface area contributed by atoms with E-state index in [2.05, 4.69) is 33.7 Å². The monoisotopic (exact) mass is 669 g/mol. The van der Waals surface area contributed by atoms with Crippen molar-refractivity contribution < 1.29 is 19.1 Å². The second-order valence-corrected chi connectivity index (χ2v) is 11.9. The molecule has 2 amide bonds. The van der Waals surface area contributed by atoms with Crippen LogP contribution in [-0.2, 0) is 16.1 Å². The molecule has 46 heavy (non-hydrogen) atoms. The maximum atomic E-state index is 14.3. The molecule has 2 atom stereocenters. The van der Waals surface area contributed by atoms with Crippen LogP contribution in [0.25, 0.3) is 22.2 Å². The first kappa shape index (κ1) is 33.2. The van der Waals surface area contributed by atoms with Crippen molar-refractivity contribution >= 4 is 52.0 Å². The first-order valence-electron chi connectivity index (χ1n) is 15.0. The third kappa shape index (κ3) is 6.84. The summed E-state index contributed by atoms with van der Waals surface area (Å²) in [7, 11) is 2.94. The second kappa shape index (κ2) is 14.5. The topological polar surface area (TPSA) is 131 Å². The smallest absolute Gasteiger partial charge is 0.260 e. The number of aromatic nitrogens is 3. The summed E-state index contributed by atoms with van der Waals surface area (Å²) in [6.07, 6.45) is 6.79. The average molecular weight is 671 g/mol. The molecule has 2 N–H and O–H groups in total. The summed E-state index contributed by atoms with van der Waals surface area (Å²) in [6, 6.07) is 3.05. The van der Waals surface area contributed by atoms with Crippen molar-refractivity contribution in [3.8, 4) is 22.6 Å². The quantitative estimate of drug-likeness (QED) is 0.293. The van der Waals surface area contributed by atoms with Crippen LogP contribution in [0.15, 0.2) is 48.4 Å². The van der Waals surface area contributed by atoms with Crippen molar-refractivity contribution in [2.24, 2.45) is 0 Å². The van der Waals surface area contributed by atoms with Crippen LogP contribution in [0, 0.1) is 0 Å². The van der Waals surface area contributed by atoms with Crippen LogP contribution < -0.4 is 25.7 Å². The van der Waals surface area contributed by atoms with E-state index in [0.717, 1.165) is 19.3 Å². The second-order valence-electron chi connectivity index (χ2n) is 11.1. The highest BCUT2D eigenvalue weighted by atomic mass is 35.5. The maximum Gasteiger partial charge on any atom is 0.260 e. The van der Waals surface area contributed by atoms with Gasteiger partial charge in [0.25, 0.3) is 5.56 Å². The molecule has 5 rings (SSSR count). The van der Waals surface area contributed by atoms with E-state index >= 15 is 0 Å². The van der Waals surface area contributed by atoms with E-state index in [9.17, 15) is 14.4 Å². The minimum Gasteiger partial charge on any atom is -0.495 e. The van der Waals surface area contributed by atoms with Crippen LogP contribution in [0.4, 0.5) is 5.95 Å². The van der Waals surface area contributed by atoms with Gasteiger partial charge in [0.05, 0.1) is 29.8 Å². The fourth-order valence-electron chi connectivity index (χ4n) is 6.01. The number of ether oxygens (including phenoxy) is 2. The van der Waals surface area contributed by atoms with Gasteiger partial charge in [0.1, 0.15) is 17.1 Å². The molecule has 3 aromatic rings. The van der Waals surface area contributed by atoms with Gasteiger partial charge in [0.15, 0.2) is 0 Å². The molecule has 2 unspecified atom stereocenters. The molecule has 3 heterocycles. The molecule has 1 aliphatic heterocycles. The average Bonchev–Trinajstić information content (AvgIpc) is 3.50. The van der Waals surface area contributed by atoms with E-state index < -0.39 is 0 Å². The van der Waals surface area contributed by atoms with Gasteiger partial charge in [-0.05, 0) is 37.5 Å². The first-order valence-corrected chi connectivity index (χ1v) is 15.8. The molecule has 1 saturated carbocycles. The SMILES string of the molecule is C=CC(=O)NC1CCCC1Nc1ncc2cc(-c3c(Cl)c(OC)cc(OC)c3Cl)c(=O)n(CCN3CCN(C(=O)C=C)CC3)c2n1. The lowest BCUT2D eigenvalue weighted by Gasteiger charge is -2.34. The number of anilines is 1. The molecule has 0 radical (unpaired) electrons. The Balaban J connectivity index is 1.54. The number of benzene rings is 1. The van der Waals surface area contributed by atoms with Gasteiger partial charge in [-0.3, -0.25) is 23.9 Å². The van der Waals surface area contributed by atoms with E-state index in [4.69, 9.17) is 37.7 Å². The van der Waals surface area contributed by atoms with Gasteiger partial charge >= 0.3 is 0 Å². The molecule has 0 bridgehead atoms. The van der Waals surface area contributed by atoms with E-state index in [1.807, 2.05) is 0 Å². The highest BCUT2D eigenvalue weighted by molar-refractivity contribution is 6.41. The van der Waals surface area contributed by atoms with Crippen molar-refractivity contribution in [1.29, 1.82) is 0 Å². The summed E-state index contributed by atoms with van der Waals surface area (Å²) in [4.78, 5) is 51.7. The number of carbonyl (C=O) groups is 2. The largest absolute Gasteiger partial charge is 0.495 e. The number of piperazine rings is 1. The molecule has 1 aliphatic carbocycles. The molecular formula is C32H37Cl2N7O5. The number of nitrogens with one attached hydrogen (secondary N) is 2. The zero-order valence-corrected chi connectivity index (χ0v) is 27.4. The molecule has 1 aromatic carbocycles. The number of rotatable bonds is 11. The Hall–Kier alpha value is -4.13. The Kier molecular flexibility index (Phi) is 10.5. The Morgan fingerprint density at radius 1 is 1.00 bits per heavy atom. The van der Waals surface area contributed by atoms with Crippen LogP contribution in [0.3, 0.4) is 0 Å². The Labute approximate surface area is 277 Å². The van der Waals surface area contributed by atoms with Crippen LogP contribution in [-0.4, -0.2) is 95.2 Å². The number of hydrogen-bond acceptors (Lipinski definition) is 9. The summed E-state index contributed by atoms with van der Waals surface area (Å²) in [5.74, 6) is 0.625. The van der Waals surface area contributed by atoms with Crippen LogP contribution in [0.2, 0.25) is 10.0 Å². The molecule has 12 nitrogen and oxygen atoms in total. The van der Waals surface area contributed by atoms with Gasteiger partial charge in [0.2, 0.25) is 17.8 Å². The molecule has 2 fully saturated rings. The summed E-state index contributed by atoms with van der Waals surface area (Å²) in [6.45, 7) is 10.4. The molecule has 2 aliphatic rings. The van der Waals surface area contributed by atoms with Crippen molar-refractivity contribution in [3.63, 3.8) is 0 Å². The summed E-state index contributed by atoms with van der Waals surface area (Å²) in [5.41, 5.74) is 0.603. The van der Waals surface area contributed by atoms with E-state index in [1.165, 1.54) is 26.4 Å². The minimum atomic E-state index is -0.353. The summed E-state index contributed by atoms with van der Waals surface area (Å²) in [5, 5.41) is 7.28. The van der Waals surface area contributed by atoms with Crippen LogP contribution >= 0.6 is 23.2 Å². The third-order valence-corrected chi connectivity index (χ3v) is 9.26. The zero-order valence-electron chi connectivity index (χ0n) is 25.9. The Morgan fingerprint density at radius 2 is 1.67 bits per heavy atom. The zero-order chi connectivity index (χ0) is 33.0. The third-order valence-electron chi connectivity index (χ3n) is 8.51. The standard InChI is InChI=1S/C32H37Cl2N7O5/c1-5-25(42)36-21-8-7-9-22(21)37-32-35-18-19-16-20(27-28(33)23(45-3)17-24(46-4)29(27)34)31(44)41(30(19)38-32)15-12-39-10-13-40(14-11-39)26(43)6-2/h5-6,16-18,21-22H,1-2,7-15H2,3-4H3,(H,36,42)(H,35,37,38). The number of fused-ring (bicyclic) bond motifs is 1. The fraction of sp³-hybridized carbons (Fsp3) is 0.406. The predicted molar refractivity (Wildman–Crippen MR) is 179 cm³/mol. The summed E-state index contributed by atoms with van der Waals surface area (Å²) >= 11 is 13.5. The molecule has 2 aromatic heterocycles. The van der Waals surface area contributed by atoms with Gasteiger partial charge in [-0.2, -0.15) is 4.98 Å². The van der Waals surface area contributed by atoms with Gasteiger partial charge in [-0.15, -0.1) is 0 Å². The number of pyridine rings is 1. The highest BCUT2D eigenvalue weighted by Gasteiger charge is 2.29. The number of methoxy groups -OCH3 is 2. The lowest BCUT2D eigenvalue weighted by molar-refractivity contribution is -0.127. The van der Waals surface area contributed by atoms with Crippen LogP contribution in [0.1, 0.15) is 19.3 Å². The van der Waals surface area contributed by atoms with E-state index in [0.29, 0.717) is 67.7 Å². The van der Waals surface area contributed by atoms with Crippen molar-refractivity contribution in [1.82, 2.24) is 29.7 Å². The minimum absolute atomic E-state index is 0.0859. The lowest BCUT2D eigenvalue weighted by Crippen LogP contribution is -2.49. The Bertz CT molecular complexity index is 1690. The number of amides is 2. The molecule has 244 valence electrons. The predicted octanol–water partition coefficient (Wildman–Crippen LogP) is 3.75. The molecule has 1 saturated heterocycles. The van der Waals surface area contributed by atoms with Gasteiger partial charge in [-0.1, -0.05) is 36.4 Å². The number of halogens is 2. The number of nitrogens with zero attached hydrogens (tertiary/aromatic N) is 5. The van der Waals surface area contributed by atoms with Gasteiger partial charge in [0, 0.05) is 74.6 Å². The lowest BCUT2D eigenvalue weighted by atomic mass is 10.0.